The number of aryl methyl sites for hydroxylation is 1. The van der Waals surface area contributed by atoms with Gasteiger partial charge in [-0.25, -0.2) is 0 Å². The predicted octanol–water partition coefficient (Wildman–Crippen LogP) is 34.9. The third kappa shape index (κ3) is 18.3. The number of ether oxygens (including phenoxy) is 2. The van der Waals surface area contributed by atoms with E-state index >= 15 is 0 Å². The molecule has 2 aliphatic heterocycles. The van der Waals surface area contributed by atoms with Crippen molar-refractivity contribution in [1.82, 2.24) is 0 Å². The zero-order valence-electron chi connectivity index (χ0n) is 81.6. The van der Waals surface area contributed by atoms with Gasteiger partial charge in [0.05, 0.1) is 12.2 Å². The van der Waals surface area contributed by atoms with Crippen LogP contribution in [0.25, 0.3) is 0 Å². The van der Waals surface area contributed by atoms with E-state index in [0.717, 1.165) is 131 Å². The molecule has 2 heterocycles. The normalized spacial score (nSPS) is 46.0. The van der Waals surface area contributed by atoms with Crippen LogP contribution < -0.4 is 0 Å². The van der Waals surface area contributed by atoms with E-state index in [0.29, 0.717) is 50.1 Å². The molecule has 0 N–H and O–H groups in total. The third-order valence-corrected chi connectivity index (χ3v) is 44.8. The van der Waals surface area contributed by atoms with Gasteiger partial charge in [0.1, 0.15) is 0 Å². The Balaban J connectivity index is 0.0000000925. The second kappa shape index (κ2) is 38.3. The molecule has 4 bridgehead atoms. The van der Waals surface area contributed by atoms with Crippen LogP contribution in [-0.4, -0.2) is 25.4 Å². The second-order valence-corrected chi connectivity index (χ2v) is 52.0. The zero-order chi connectivity index (χ0) is 84.2. The number of fused-ring (bicyclic) bond motifs is 23. The Morgan fingerprint density at radius 1 is 0.366 bits per heavy atom. The largest absolute Gasteiger partial charge is 0.378 e. The minimum Gasteiger partial charge on any atom is -0.378 e. The number of benzene rings is 1. The molecular formula is C121H188O2. The summed E-state index contributed by atoms with van der Waals surface area (Å²) in [5.41, 5.74) is 15.6. The Labute approximate surface area is 757 Å². The SMILES string of the molecule is C1=CC23CCC4CCCCC4C2CC1C3.C1=CCC2=C(C1)CCC1CCCCC21.C1CCC2C(C1)CCC13CCC(CC21)C3.C1CCC2C(C1)CCC1OCCCC12.CC1(C)CCCC2(C)C3CCC=CC3=CCC12.CC1(C)CCCC2(C)C3CCCC=C3CCC12.CC1(C)CCCC2(C)C3CCCOC3CCC12.c1ccc2c(c1)CCC1CCCCC21. The fraction of sp³-hybridized carbons (Fsp3) is 0.851. The van der Waals surface area contributed by atoms with Crippen molar-refractivity contribution in [2.45, 2.75) is 472 Å². The summed E-state index contributed by atoms with van der Waals surface area (Å²) in [6, 6.07) is 9.12. The molecule has 25 aliphatic rings. The average molecular weight is 1670 g/mol. The minimum absolute atomic E-state index is 0.552. The molecular weight excluding hydrogens is 1490 g/mol. The first-order valence-electron chi connectivity index (χ1n) is 56.1. The van der Waals surface area contributed by atoms with Crippen LogP contribution in [0.4, 0.5) is 0 Å². The first-order valence-corrected chi connectivity index (χ1v) is 56.1. The van der Waals surface area contributed by atoms with Crippen LogP contribution in [0.2, 0.25) is 0 Å². The summed E-state index contributed by atoms with van der Waals surface area (Å²) in [6.07, 6.45) is 111. The highest BCUT2D eigenvalue weighted by Crippen LogP contribution is 2.70. The molecule has 16 saturated carbocycles. The fourth-order valence-corrected chi connectivity index (χ4v) is 39.2. The molecule has 28 unspecified atom stereocenters. The highest BCUT2D eigenvalue weighted by Gasteiger charge is 2.61. The summed E-state index contributed by atoms with van der Waals surface area (Å²) < 4.78 is 12.0. The number of hydrogen-bond donors (Lipinski definition) is 0. The maximum atomic E-state index is 6.06. The van der Waals surface area contributed by atoms with E-state index in [9.17, 15) is 0 Å². The van der Waals surface area contributed by atoms with Crippen molar-refractivity contribution in [3.63, 3.8) is 0 Å². The van der Waals surface area contributed by atoms with Gasteiger partial charge in [0, 0.05) is 13.2 Å². The van der Waals surface area contributed by atoms with E-state index < -0.39 is 0 Å². The molecule has 1 aromatic rings. The number of hydrogen-bond acceptors (Lipinski definition) is 2. The monoisotopic (exact) mass is 1670 g/mol. The van der Waals surface area contributed by atoms with E-state index in [-0.39, 0.29) is 0 Å². The molecule has 684 valence electrons. The summed E-state index contributed by atoms with van der Waals surface area (Å²) in [6.45, 7) is 25.0. The molecule has 1 aromatic carbocycles. The number of rotatable bonds is 0. The topological polar surface area (TPSA) is 18.5 Å². The summed E-state index contributed by atoms with van der Waals surface area (Å²) >= 11 is 0. The lowest BCUT2D eigenvalue weighted by Crippen LogP contribution is -2.54. The van der Waals surface area contributed by atoms with E-state index in [2.05, 4.69) is 135 Å². The van der Waals surface area contributed by atoms with E-state index in [1.807, 2.05) is 16.7 Å². The van der Waals surface area contributed by atoms with Gasteiger partial charge in [0.25, 0.3) is 0 Å². The fourth-order valence-electron chi connectivity index (χ4n) is 39.2. The molecule has 2 saturated heterocycles. The zero-order valence-corrected chi connectivity index (χ0v) is 81.6. The van der Waals surface area contributed by atoms with Crippen molar-refractivity contribution < 1.29 is 9.47 Å². The Morgan fingerprint density at radius 3 is 1.72 bits per heavy atom. The Morgan fingerprint density at radius 2 is 0.967 bits per heavy atom. The van der Waals surface area contributed by atoms with Crippen molar-refractivity contribution in [3.05, 3.63) is 106 Å². The van der Waals surface area contributed by atoms with Crippen molar-refractivity contribution in [3.8, 4) is 0 Å². The first kappa shape index (κ1) is 89.8. The summed E-state index contributed by atoms with van der Waals surface area (Å²) in [5, 5.41) is 0. The van der Waals surface area contributed by atoms with Gasteiger partial charge >= 0.3 is 0 Å². The standard InChI is InChI=1S/C17H28.C17H26.C16H28O.C15H24.C15H22.C14H20.C14H18.C13H22O/c2*1-16(2)11-6-12-17(3)14-8-5-4-7-13(14)9-10-15(16)17;1-15(2)9-5-10-16(3)12-6-4-11-17-13(12)7-8-14(15)16;2*1-2-4-13-12(3-1)6-8-15-7-5-11(10-15)9-14(13)15;2*1-3-7-13-11(5-1)9-10-12-6-2-4-8-14(12)13;1-2-5-11-10(4-1)7-8-13-12(11)6-3-9-14-13/h7,14-15H,4-6,8-12H2,1-3H3;4,7,9,14-15H,5-6,8,10-12H2,1-3H3;12-14H,4-11H2,1-3H3;11-14H,1-10H2;5,7,11-14H,1-4,6,8-10H2;1,3,12,14H,2,4-10H2;1,3,5,7,12,14H,2,4,6,8-10H2;10-13H,1-9H2. The lowest BCUT2D eigenvalue weighted by atomic mass is 9.46. The predicted molar refractivity (Wildman–Crippen MR) is 520 cm³/mol. The summed E-state index contributed by atoms with van der Waals surface area (Å²) in [7, 11) is 0. The van der Waals surface area contributed by atoms with Crippen molar-refractivity contribution >= 4 is 0 Å². The molecule has 23 aliphatic carbocycles. The van der Waals surface area contributed by atoms with Crippen LogP contribution in [0.1, 0.15) is 465 Å². The van der Waals surface area contributed by atoms with Crippen molar-refractivity contribution in [1.29, 1.82) is 0 Å². The van der Waals surface area contributed by atoms with Crippen molar-refractivity contribution in [2.24, 2.45) is 162 Å². The van der Waals surface area contributed by atoms with Crippen LogP contribution in [0.15, 0.2) is 95.2 Å². The van der Waals surface area contributed by atoms with Crippen LogP contribution in [-0.2, 0) is 15.9 Å². The van der Waals surface area contributed by atoms with Gasteiger partial charge in [0.2, 0.25) is 0 Å². The molecule has 28 atom stereocenters. The van der Waals surface area contributed by atoms with Crippen LogP contribution in [0.3, 0.4) is 0 Å². The van der Waals surface area contributed by atoms with E-state index in [1.54, 1.807) is 107 Å². The average Bonchev–Trinajstić information content (AvgIpc) is 1.63. The first-order chi connectivity index (χ1) is 59.7. The summed E-state index contributed by atoms with van der Waals surface area (Å²) in [4.78, 5) is 0. The summed E-state index contributed by atoms with van der Waals surface area (Å²) in [5.74, 6) is 21.6. The van der Waals surface area contributed by atoms with Gasteiger partial charge < -0.3 is 9.47 Å². The third-order valence-electron chi connectivity index (χ3n) is 44.8. The maximum Gasteiger partial charge on any atom is 0.0608 e. The molecule has 0 aromatic heterocycles. The molecule has 18 fully saturated rings. The molecule has 2 heteroatoms. The lowest BCUT2D eigenvalue weighted by molar-refractivity contribution is -0.163. The maximum absolute atomic E-state index is 6.06. The van der Waals surface area contributed by atoms with Gasteiger partial charge in [-0.15, -0.1) is 0 Å². The Kier molecular flexibility index (Phi) is 27.9. The molecule has 123 heavy (non-hydrogen) atoms. The smallest absolute Gasteiger partial charge is 0.0608 e. The lowest BCUT2D eigenvalue weighted by Gasteiger charge is -2.60. The quantitative estimate of drug-likeness (QED) is 0.241. The highest BCUT2D eigenvalue weighted by molar-refractivity contribution is 5.35. The van der Waals surface area contributed by atoms with Crippen molar-refractivity contribution in [2.75, 3.05) is 13.2 Å². The van der Waals surface area contributed by atoms with Crippen LogP contribution in [0, 0.1) is 162 Å². The molecule has 26 rings (SSSR count). The Bertz CT molecular complexity index is 3830. The van der Waals surface area contributed by atoms with Gasteiger partial charge in [0.15, 0.2) is 0 Å². The highest BCUT2D eigenvalue weighted by atomic mass is 16.5. The minimum atomic E-state index is 0.552. The second-order valence-electron chi connectivity index (χ2n) is 52.0. The Hall–Kier alpha value is -2.42. The van der Waals surface area contributed by atoms with Gasteiger partial charge in [-0.3, -0.25) is 0 Å². The molecule has 2 nitrogen and oxygen atoms in total. The van der Waals surface area contributed by atoms with E-state index in [1.165, 1.54) is 314 Å². The van der Waals surface area contributed by atoms with Gasteiger partial charge in [-0.2, -0.15) is 0 Å². The van der Waals surface area contributed by atoms with E-state index in [4.69, 9.17) is 9.47 Å². The molecule has 2 spiro atoms. The van der Waals surface area contributed by atoms with Gasteiger partial charge in [-0.1, -0.05) is 255 Å². The molecule has 0 amide bonds. The van der Waals surface area contributed by atoms with Crippen LogP contribution >= 0.6 is 0 Å². The van der Waals surface area contributed by atoms with Gasteiger partial charge in [-0.05, 0) is 473 Å². The van der Waals surface area contributed by atoms with Crippen LogP contribution in [0.5, 0.6) is 0 Å². The number of allylic oxidation sites excluding steroid dienone is 12. The molecule has 0 radical (unpaired) electrons.